The van der Waals surface area contributed by atoms with Gasteiger partial charge in [0, 0.05) is 36.0 Å². The summed E-state index contributed by atoms with van der Waals surface area (Å²) < 4.78 is 12.0. The van der Waals surface area contributed by atoms with Crippen LogP contribution in [0.1, 0.15) is 21.0 Å². The molecule has 11 nitrogen and oxygen atoms in total. The Morgan fingerprint density at radius 3 is 1.48 bits per heavy atom. The van der Waals surface area contributed by atoms with Crippen molar-refractivity contribution in [3.8, 4) is 11.5 Å². The Bertz CT molecular complexity index is 1670. The molecule has 0 radical (unpaired) electrons. The number of anilines is 2. The van der Waals surface area contributed by atoms with Gasteiger partial charge >= 0.3 is 0 Å². The van der Waals surface area contributed by atoms with Crippen molar-refractivity contribution in [3.63, 3.8) is 0 Å². The van der Waals surface area contributed by atoms with Crippen molar-refractivity contribution in [1.82, 2.24) is 24.8 Å². The van der Waals surface area contributed by atoms with E-state index in [0.29, 0.717) is 47.4 Å². The quantitative estimate of drug-likeness (QED) is 0.214. The lowest BCUT2D eigenvalue weighted by atomic mass is 10.2. The first-order chi connectivity index (χ1) is 21.3. The van der Waals surface area contributed by atoms with E-state index in [1.165, 1.54) is 12.1 Å². The average Bonchev–Trinajstić information content (AvgIpc) is 3.00. The lowest BCUT2D eigenvalue weighted by molar-refractivity contribution is 0.101. The summed E-state index contributed by atoms with van der Waals surface area (Å²) in [6.07, 6.45) is 0. The highest BCUT2D eigenvalue weighted by atomic mass is 16.5. The van der Waals surface area contributed by atoms with Crippen LogP contribution in [0.15, 0.2) is 78.9 Å². The third-order valence-electron chi connectivity index (χ3n) is 6.65. The van der Waals surface area contributed by atoms with Gasteiger partial charge in [-0.05, 0) is 64.6 Å². The molecule has 0 saturated carbocycles. The van der Waals surface area contributed by atoms with Crippen LogP contribution in [0.4, 0.5) is 11.6 Å². The Morgan fingerprint density at radius 2 is 1.05 bits per heavy atom. The number of aromatic nitrogens is 3. The molecule has 226 valence electrons. The molecule has 0 fully saturated rings. The second kappa shape index (κ2) is 13.9. The number of para-hydroxylation sites is 2. The van der Waals surface area contributed by atoms with Crippen molar-refractivity contribution in [2.24, 2.45) is 0 Å². The van der Waals surface area contributed by atoms with Crippen molar-refractivity contribution >= 4 is 45.3 Å². The second-order valence-electron chi connectivity index (χ2n) is 10.7. The minimum absolute atomic E-state index is 0.0573. The predicted octanol–water partition coefficient (Wildman–Crippen LogP) is 4.56. The van der Waals surface area contributed by atoms with E-state index < -0.39 is 11.8 Å². The standard InChI is InChI=1S/C33H35N7O4/c1-39(2)16-18-43-28-20-30(35-24-12-7-5-10-22(24)28)37-32(41)26-14-9-15-27(34-26)33(42)38-31-21-29(44-19-17-40(3)4)23-11-6-8-13-25(23)36-31/h5-15,20-21H,16-19H2,1-4H3,(H,35,37,41)(H,36,38,42). The van der Waals surface area contributed by atoms with E-state index in [-0.39, 0.29) is 11.4 Å². The number of amides is 2. The summed E-state index contributed by atoms with van der Waals surface area (Å²) in [5.74, 6) is 0.826. The van der Waals surface area contributed by atoms with Crippen molar-refractivity contribution < 1.29 is 19.1 Å². The number of nitrogens with one attached hydrogen (secondary N) is 2. The summed E-state index contributed by atoms with van der Waals surface area (Å²) in [7, 11) is 7.88. The molecule has 5 aromatic rings. The SMILES string of the molecule is CN(C)CCOc1cc(NC(=O)c2cccc(C(=O)Nc3cc(OCCN(C)C)c4ccccc4n3)n2)nc2ccccc12. The van der Waals surface area contributed by atoms with E-state index in [2.05, 4.69) is 25.6 Å². The first-order valence-electron chi connectivity index (χ1n) is 14.2. The fraction of sp³-hybridized carbons (Fsp3) is 0.242. The van der Waals surface area contributed by atoms with Crippen molar-refractivity contribution in [2.75, 3.05) is 65.1 Å². The van der Waals surface area contributed by atoms with Crippen molar-refractivity contribution in [1.29, 1.82) is 0 Å². The largest absolute Gasteiger partial charge is 0.491 e. The van der Waals surface area contributed by atoms with E-state index >= 15 is 0 Å². The Labute approximate surface area is 255 Å². The van der Waals surface area contributed by atoms with Gasteiger partial charge in [-0.25, -0.2) is 15.0 Å². The van der Waals surface area contributed by atoms with Gasteiger partial charge in [-0.15, -0.1) is 0 Å². The molecule has 0 saturated heterocycles. The maximum Gasteiger partial charge on any atom is 0.275 e. The van der Waals surface area contributed by atoms with Gasteiger partial charge in [0.25, 0.3) is 11.8 Å². The maximum atomic E-state index is 13.2. The monoisotopic (exact) mass is 593 g/mol. The molecule has 2 aromatic carbocycles. The van der Waals surface area contributed by atoms with E-state index in [1.807, 2.05) is 86.5 Å². The Balaban J connectivity index is 1.33. The molecule has 0 aliphatic rings. The number of likely N-dealkylation sites (N-methyl/N-ethyl adjacent to an activating group) is 2. The highest BCUT2D eigenvalue weighted by molar-refractivity contribution is 6.06. The predicted molar refractivity (Wildman–Crippen MR) is 172 cm³/mol. The summed E-state index contributed by atoms with van der Waals surface area (Å²) in [4.78, 5) is 43.9. The number of hydrogen-bond acceptors (Lipinski definition) is 9. The van der Waals surface area contributed by atoms with E-state index in [1.54, 1.807) is 18.2 Å². The van der Waals surface area contributed by atoms with Gasteiger partial charge in [-0.1, -0.05) is 30.3 Å². The van der Waals surface area contributed by atoms with Gasteiger partial charge in [-0.2, -0.15) is 0 Å². The van der Waals surface area contributed by atoms with Crippen LogP contribution in [0, 0.1) is 0 Å². The van der Waals surface area contributed by atoms with Gasteiger partial charge < -0.3 is 29.9 Å². The van der Waals surface area contributed by atoms with Crippen LogP contribution in [0.2, 0.25) is 0 Å². The van der Waals surface area contributed by atoms with Crippen LogP contribution < -0.4 is 20.1 Å². The first-order valence-corrected chi connectivity index (χ1v) is 14.2. The summed E-state index contributed by atoms with van der Waals surface area (Å²) >= 11 is 0. The van der Waals surface area contributed by atoms with E-state index in [9.17, 15) is 9.59 Å². The minimum Gasteiger partial charge on any atom is -0.491 e. The molecule has 0 bridgehead atoms. The van der Waals surface area contributed by atoms with Crippen LogP contribution in [-0.4, -0.2) is 91.1 Å². The van der Waals surface area contributed by atoms with E-state index in [4.69, 9.17) is 9.47 Å². The maximum absolute atomic E-state index is 13.2. The van der Waals surface area contributed by atoms with Gasteiger partial charge in [0.05, 0.1) is 11.0 Å². The van der Waals surface area contributed by atoms with Gasteiger partial charge in [0.2, 0.25) is 0 Å². The molecule has 0 atom stereocenters. The van der Waals surface area contributed by atoms with Crippen molar-refractivity contribution in [2.45, 2.75) is 0 Å². The topological polar surface area (TPSA) is 122 Å². The number of hydrogen-bond donors (Lipinski definition) is 2. The molecule has 0 aliphatic carbocycles. The molecule has 0 unspecified atom stereocenters. The van der Waals surface area contributed by atoms with Crippen molar-refractivity contribution in [3.05, 3.63) is 90.3 Å². The highest BCUT2D eigenvalue weighted by Gasteiger charge is 2.16. The van der Waals surface area contributed by atoms with Crippen LogP contribution in [0.5, 0.6) is 11.5 Å². The molecule has 2 N–H and O–H groups in total. The smallest absolute Gasteiger partial charge is 0.275 e. The number of pyridine rings is 3. The van der Waals surface area contributed by atoms with Crippen LogP contribution in [0.25, 0.3) is 21.8 Å². The fourth-order valence-corrected chi connectivity index (χ4v) is 4.38. The Kier molecular flexibility index (Phi) is 9.58. The number of rotatable bonds is 12. The zero-order valence-electron chi connectivity index (χ0n) is 25.2. The number of fused-ring (bicyclic) bond motifs is 2. The molecule has 0 spiro atoms. The molecule has 11 heteroatoms. The summed E-state index contributed by atoms with van der Waals surface area (Å²) in [5.41, 5.74) is 1.47. The second-order valence-corrected chi connectivity index (χ2v) is 10.7. The van der Waals surface area contributed by atoms with E-state index in [0.717, 1.165) is 23.9 Å². The molecule has 3 aromatic heterocycles. The fourth-order valence-electron chi connectivity index (χ4n) is 4.38. The zero-order chi connectivity index (χ0) is 31.1. The molecule has 2 amide bonds. The molecular weight excluding hydrogens is 558 g/mol. The number of carbonyl (C=O) groups is 2. The minimum atomic E-state index is -0.512. The lowest BCUT2D eigenvalue weighted by Gasteiger charge is -2.14. The lowest BCUT2D eigenvalue weighted by Crippen LogP contribution is -2.20. The van der Waals surface area contributed by atoms with Crippen LogP contribution in [-0.2, 0) is 0 Å². The average molecular weight is 594 g/mol. The molecule has 0 aliphatic heterocycles. The molecule has 5 rings (SSSR count). The first kappa shape index (κ1) is 30.3. The highest BCUT2D eigenvalue weighted by Crippen LogP contribution is 2.29. The summed E-state index contributed by atoms with van der Waals surface area (Å²) in [6.45, 7) is 2.42. The Morgan fingerprint density at radius 1 is 0.614 bits per heavy atom. The normalized spacial score (nSPS) is 11.2. The molecule has 44 heavy (non-hydrogen) atoms. The van der Waals surface area contributed by atoms with Crippen LogP contribution in [0.3, 0.4) is 0 Å². The number of carbonyl (C=O) groups excluding carboxylic acids is 2. The van der Waals surface area contributed by atoms with Gasteiger partial charge in [0.1, 0.15) is 47.7 Å². The summed E-state index contributed by atoms with van der Waals surface area (Å²) in [6, 6.07) is 23.2. The molecule has 3 heterocycles. The van der Waals surface area contributed by atoms with Gasteiger partial charge in [-0.3, -0.25) is 9.59 Å². The third-order valence-corrected chi connectivity index (χ3v) is 6.65. The summed E-state index contributed by atoms with van der Waals surface area (Å²) in [5, 5.41) is 7.27. The Hall–Kier alpha value is -5.13. The number of benzene rings is 2. The van der Waals surface area contributed by atoms with Crippen LogP contribution >= 0.6 is 0 Å². The zero-order valence-corrected chi connectivity index (χ0v) is 25.2. The van der Waals surface area contributed by atoms with Gasteiger partial charge in [0.15, 0.2) is 0 Å². The molecular formula is C33H35N7O4. The number of nitrogens with zero attached hydrogens (tertiary/aromatic N) is 5. The third kappa shape index (κ3) is 7.63. The number of ether oxygens (including phenoxy) is 2.